The molecule has 0 amide bonds. The zero-order valence-corrected chi connectivity index (χ0v) is 8.82. The topological polar surface area (TPSA) is 32.3 Å². The molecule has 1 rings (SSSR count). The van der Waals surface area contributed by atoms with Crippen LogP contribution in [0.5, 0.6) is 0 Å². The minimum Gasteiger partial charge on any atom is -0.390 e. The highest BCUT2D eigenvalue weighted by atomic mass is 35.5. The van der Waals surface area contributed by atoms with E-state index in [9.17, 15) is 4.39 Å². The maximum Gasteiger partial charge on any atom is 0.124 e. The fourth-order valence-corrected chi connectivity index (χ4v) is 1.26. The third-order valence-electron chi connectivity index (χ3n) is 1.64. The second-order valence-corrected chi connectivity index (χ2v) is 3.53. The molecule has 0 aromatic heterocycles. The van der Waals surface area contributed by atoms with Gasteiger partial charge in [0.15, 0.2) is 0 Å². The largest absolute Gasteiger partial charge is 0.390 e. The van der Waals surface area contributed by atoms with E-state index in [0.29, 0.717) is 5.69 Å². The van der Waals surface area contributed by atoms with Crippen LogP contribution in [0.4, 0.5) is 10.1 Å². The lowest BCUT2D eigenvalue weighted by Gasteiger charge is -2.11. The van der Waals surface area contributed by atoms with E-state index in [-0.39, 0.29) is 17.4 Å². The molecule has 0 fully saturated rings. The summed E-state index contributed by atoms with van der Waals surface area (Å²) in [5.41, 5.74) is 0.581. The van der Waals surface area contributed by atoms with Gasteiger partial charge in [-0.15, -0.1) is 11.6 Å². The minimum absolute atomic E-state index is 0.145. The first kappa shape index (κ1) is 11.6. The van der Waals surface area contributed by atoms with E-state index in [0.717, 1.165) is 0 Å². The second kappa shape index (κ2) is 5.39. The van der Waals surface area contributed by atoms with Crippen LogP contribution >= 0.6 is 23.2 Å². The van der Waals surface area contributed by atoms with E-state index >= 15 is 0 Å². The first-order chi connectivity index (χ1) is 6.63. The Morgan fingerprint density at radius 1 is 1.50 bits per heavy atom. The fourth-order valence-electron chi connectivity index (χ4n) is 0.915. The summed E-state index contributed by atoms with van der Waals surface area (Å²) >= 11 is 11.1. The predicted octanol–water partition coefficient (Wildman–Crippen LogP) is 2.49. The summed E-state index contributed by atoms with van der Waals surface area (Å²) in [5, 5.41) is 12.3. The molecule has 0 aliphatic carbocycles. The van der Waals surface area contributed by atoms with Crippen LogP contribution in [0, 0.1) is 5.82 Å². The van der Waals surface area contributed by atoms with Gasteiger partial charge >= 0.3 is 0 Å². The molecule has 1 atom stereocenters. The summed E-state index contributed by atoms with van der Waals surface area (Å²) in [6, 6.07) is 4.01. The lowest BCUT2D eigenvalue weighted by atomic mass is 10.3. The molecule has 1 aromatic carbocycles. The number of hydrogen-bond donors (Lipinski definition) is 2. The number of aliphatic hydroxyl groups is 1. The molecule has 0 aliphatic rings. The van der Waals surface area contributed by atoms with E-state index in [1.165, 1.54) is 18.2 Å². The summed E-state index contributed by atoms with van der Waals surface area (Å²) in [5.74, 6) is -0.246. The molecule has 0 spiro atoms. The standard InChI is InChI=1S/C9H10Cl2FNO/c10-4-7(14)5-13-9-2-1-6(12)3-8(9)11/h1-3,7,13-14H,4-5H2. The van der Waals surface area contributed by atoms with E-state index in [4.69, 9.17) is 28.3 Å². The van der Waals surface area contributed by atoms with Gasteiger partial charge in [-0.1, -0.05) is 11.6 Å². The molecule has 0 saturated carbocycles. The zero-order chi connectivity index (χ0) is 10.6. The van der Waals surface area contributed by atoms with Gasteiger partial charge in [-0.3, -0.25) is 0 Å². The molecular formula is C9H10Cl2FNO. The molecule has 2 nitrogen and oxygen atoms in total. The quantitative estimate of drug-likeness (QED) is 0.790. The summed E-state index contributed by atoms with van der Waals surface area (Å²) < 4.78 is 12.6. The Kier molecular flexibility index (Phi) is 4.45. The third kappa shape index (κ3) is 3.33. The Hall–Kier alpha value is -0.510. The van der Waals surface area contributed by atoms with Crippen LogP contribution in [0.2, 0.25) is 5.02 Å². The van der Waals surface area contributed by atoms with Gasteiger partial charge in [-0.05, 0) is 18.2 Å². The van der Waals surface area contributed by atoms with Crippen molar-refractivity contribution in [3.8, 4) is 0 Å². The molecule has 14 heavy (non-hydrogen) atoms. The van der Waals surface area contributed by atoms with Crippen molar-refractivity contribution < 1.29 is 9.50 Å². The van der Waals surface area contributed by atoms with Gasteiger partial charge < -0.3 is 10.4 Å². The maximum absolute atomic E-state index is 12.6. The molecule has 1 aromatic rings. The number of nitrogens with one attached hydrogen (secondary N) is 1. The SMILES string of the molecule is OC(CCl)CNc1ccc(F)cc1Cl. The first-order valence-electron chi connectivity index (χ1n) is 4.06. The summed E-state index contributed by atoms with van der Waals surface area (Å²) in [6.45, 7) is 0.287. The van der Waals surface area contributed by atoms with Crippen molar-refractivity contribution in [1.29, 1.82) is 0 Å². The molecule has 0 heterocycles. The number of aliphatic hydroxyl groups excluding tert-OH is 1. The van der Waals surface area contributed by atoms with Crippen molar-refractivity contribution in [3.63, 3.8) is 0 Å². The van der Waals surface area contributed by atoms with Crippen molar-refractivity contribution in [1.82, 2.24) is 0 Å². The molecule has 0 saturated heterocycles. The van der Waals surface area contributed by atoms with Crippen LogP contribution < -0.4 is 5.32 Å². The van der Waals surface area contributed by atoms with Gasteiger partial charge in [0.25, 0.3) is 0 Å². The maximum atomic E-state index is 12.6. The fraction of sp³-hybridized carbons (Fsp3) is 0.333. The Labute approximate surface area is 91.6 Å². The van der Waals surface area contributed by atoms with Crippen molar-refractivity contribution in [2.75, 3.05) is 17.7 Å². The number of halogens is 3. The highest BCUT2D eigenvalue weighted by Gasteiger charge is 2.04. The van der Waals surface area contributed by atoms with Gasteiger partial charge in [0, 0.05) is 6.54 Å². The Morgan fingerprint density at radius 2 is 2.21 bits per heavy atom. The predicted molar refractivity (Wildman–Crippen MR) is 56.6 cm³/mol. The number of rotatable bonds is 4. The summed E-state index contributed by atoms with van der Waals surface area (Å²) in [7, 11) is 0. The highest BCUT2D eigenvalue weighted by molar-refractivity contribution is 6.33. The molecular weight excluding hydrogens is 228 g/mol. The summed E-state index contributed by atoms with van der Waals surface area (Å²) in [6.07, 6.45) is -0.641. The van der Waals surface area contributed by atoms with Gasteiger partial charge in [-0.25, -0.2) is 4.39 Å². The molecule has 2 N–H and O–H groups in total. The third-order valence-corrected chi connectivity index (χ3v) is 2.31. The van der Waals surface area contributed by atoms with Crippen LogP contribution in [0.15, 0.2) is 18.2 Å². The Morgan fingerprint density at radius 3 is 2.79 bits per heavy atom. The van der Waals surface area contributed by atoms with Crippen LogP contribution in [0.1, 0.15) is 0 Å². The molecule has 5 heteroatoms. The summed E-state index contributed by atoms with van der Waals surface area (Å²) in [4.78, 5) is 0. The van der Waals surface area contributed by atoms with Gasteiger partial charge in [0.2, 0.25) is 0 Å². The van der Waals surface area contributed by atoms with Crippen molar-refractivity contribution >= 4 is 28.9 Å². The smallest absolute Gasteiger partial charge is 0.124 e. The number of benzene rings is 1. The Balaban J connectivity index is 2.59. The molecule has 78 valence electrons. The van der Waals surface area contributed by atoms with E-state index in [1.807, 2.05) is 0 Å². The Bertz CT molecular complexity index is 309. The number of alkyl halides is 1. The average molecular weight is 238 g/mol. The molecule has 0 bridgehead atoms. The average Bonchev–Trinajstić information content (AvgIpc) is 2.16. The van der Waals surface area contributed by atoms with Gasteiger partial charge in [-0.2, -0.15) is 0 Å². The van der Waals surface area contributed by atoms with Crippen LogP contribution in [0.25, 0.3) is 0 Å². The normalized spacial score (nSPS) is 12.6. The van der Waals surface area contributed by atoms with E-state index in [2.05, 4.69) is 5.32 Å². The molecule has 0 radical (unpaired) electrons. The number of hydrogen-bond acceptors (Lipinski definition) is 2. The lowest BCUT2D eigenvalue weighted by Crippen LogP contribution is -2.20. The molecule has 0 aliphatic heterocycles. The van der Waals surface area contributed by atoms with Crippen molar-refractivity contribution in [2.45, 2.75) is 6.10 Å². The van der Waals surface area contributed by atoms with Crippen LogP contribution in [-0.2, 0) is 0 Å². The van der Waals surface area contributed by atoms with Gasteiger partial charge in [0.05, 0.1) is 22.7 Å². The van der Waals surface area contributed by atoms with Crippen molar-refractivity contribution in [3.05, 3.63) is 29.0 Å². The number of anilines is 1. The highest BCUT2D eigenvalue weighted by Crippen LogP contribution is 2.22. The first-order valence-corrected chi connectivity index (χ1v) is 4.97. The van der Waals surface area contributed by atoms with Gasteiger partial charge in [0.1, 0.15) is 5.82 Å². The lowest BCUT2D eigenvalue weighted by molar-refractivity contribution is 0.211. The van der Waals surface area contributed by atoms with Crippen LogP contribution in [0.3, 0.4) is 0 Å². The molecule has 1 unspecified atom stereocenters. The second-order valence-electron chi connectivity index (χ2n) is 2.81. The van der Waals surface area contributed by atoms with Crippen LogP contribution in [-0.4, -0.2) is 23.6 Å². The monoisotopic (exact) mass is 237 g/mol. The minimum atomic E-state index is -0.641. The van der Waals surface area contributed by atoms with Crippen molar-refractivity contribution in [2.24, 2.45) is 0 Å². The van der Waals surface area contributed by atoms with E-state index < -0.39 is 11.9 Å². The van der Waals surface area contributed by atoms with E-state index in [1.54, 1.807) is 0 Å². The zero-order valence-electron chi connectivity index (χ0n) is 7.30.